The lowest BCUT2D eigenvalue weighted by Gasteiger charge is -2.44. The van der Waals surface area contributed by atoms with Gasteiger partial charge < -0.3 is 25.6 Å². The minimum atomic E-state index is -0.315. The fourth-order valence-electron chi connectivity index (χ4n) is 5.62. The number of aryl methyl sites for hydroxylation is 2. The van der Waals surface area contributed by atoms with Gasteiger partial charge in [-0.3, -0.25) is 4.68 Å². The summed E-state index contributed by atoms with van der Waals surface area (Å²) < 4.78 is 7.93. The Morgan fingerprint density at radius 1 is 1.23 bits per heavy atom. The normalized spacial score (nSPS) is 20.4. The van der Waals surface area contributed by atoms with Crippen LogP contribution in [-0.4, -0.2) is 52.6 Å². The molecule has 2 aromatic heterocycles. The average Bonchev–Trinajstić information content (AvgIpc) is 3.35. The number of aromatic nitrogens is 3. The first-order valence-electron chi connectivity index (χ1n) is 14.2. The number of benzene rings is 1. The Kier molecular flexibility index (Phi) is 8.23. The molecule has 3 N–H and O–H groups in total. The van der Waals surface area contributed by atoms with Crippen molar-refractivity contribution in [3.63, 3.8) is 0 Å². The molecule has 1 saturated heterocycles. The molecule has 9 heteroatoms. The van der Waals surface area contributed by atoms with Gasteiger partial charge in [-0.25, -0.2) is 9.98 Å². The van der Waals surface area contributed by atoms with Crippen molar-refractivity contribution in [2.45, 2.75) is 71.4 Å². The van der Waals surface area contributed by atoms with Crippen molar-refractivity contribution < 1.29 is 4.74 Å². The van der Waals surface area contributed by atoms with Gasteiger partial charge in [0, 0.05) is 55.5 Å². The summed E-state index contributed by atoms with van der Waals surface area (Å²) in [5, 5.41) is 14.9. The van der Waals surface area contributed by atoms with Crippen LogP contribution < -0.4 is 20.9 Å². The highest BCUT2D eigenvalue weighted by Crippen LogP contribution is 2.34. The summed E-state index contributed by atoms with van der Waals surface area (Å²) in [5.41, 5.74) is 6.44. The number of nitrogens with one attached hydrogen (secondary N) is 3. The summed E-state index contributed by atoms with van der Waals surface area (Å²) in [5.74, 6) is 1.99. The minimum absolute atomic E-state index is 0.204. The number of hydrogen-bond acceptors (Lipinski definition) is 8. The van der Waals surface area contributed by atoms with E-state index in [1.165, 1.54) is 11.1 Å². The van der Waals surface area contributed by atoms with Gasteiger partial charge in [0.15, 0.2) is 6.29 Å². The molecule has 3 aromatic rings. The van der Waals surface area contributed by atoms with Gasteiger partial charge in [-0.2, -0.15) is 5.10 Å². The average molecular weight is 543 g/mol. The molecule has 0 amide bonds. The van der Waals surface area contributed by atoms with Crippen molar-refractivity contribution in [2.75, 3.05) is 23.9 Å². The number of allylic oxidation sites excluding steroid dienone is 1. The number of ether oxygens (including phenoxy) is 1. The molecule has 40 heavy (non-hydrogen) atoms. The molecule has 0 aliphatic carbocycles. The van der Waals surface area contributed by atoms with Crippen molar-refractivity contribution in [3.8, 4) is 11.1 Å². The highest BCUT2D eigenvalue weighted by molar-refractivity contribution is 5.82. The fraction of sp³-hybridized carbons (Fsp3) is 0.452. The largest absolute Gasteiger partial charge is 0.375 e. The van der Waals surface area contributed by atoms with Gasteiger partial charge in [0.05, 0.1) is 17.5 Å². The molecule has 2 aliphatic heterocycles. The Morgan fingerprint density at radius 3 is 2.77 bits per heavy atom. The molecule has 0 bridgehead atoms. The zero-order valence-corrected chi connectivity index (χ0v) is 24.5. The third-order valence-corrected chi connectivity index (χ3v) is 7.56. The summed E-state index contributed by atoms with van der Waals surface area (Å²) in [7, 11) is 3.89. The number of rotatable bonds is 9. The molecule has 2 aliphatic rings. The number of hydrogen-bond donors (Lipinski definition) is 3. The zero-order chi connectivity index (χ0) is 28.3. The molecule has 9 nitrogen and oxygen atoms in total. The number of aliphatic imine (C=N–C) groups is 1. The van der Waals surface area contributed by atoms with E-state index < -0.39 is 0 Å². The van der Waals surface area contributed by atoms with Crippen molar-refractivity contribution in [3.05, 3.63) is 71.4 Å². The maximum atomic E-state index is 6.10. The number of pyridine rings is 1. The van der Waals surface area contributed by atoms with Gasteiger partial charge in [-0.05, 0) is 82.5 Å². The molecule has 2 atom stereocenters. The van der Waals surface area contributed by atoms with Crippen molar-refractivity contribution in [1.29, 1.82) is 0 Å². The van der Waals surface area contributed by atoms with E-state index in [2.05, 4.69) is 90.0 Å². The summed E-state index contributed by atoms with van der Waals surface area (Å²) in [6.45, 7) is 10.1. The Morgan fingerprint density at radius 2 is 2.08 bits per heavy atom. The fourth-order valence-corrected chi connectivity index (χ4v) is 5.62. The van der Waals surface area contributed by atoms with Crippen LogP contribution in [0.2, 0.25) is 0 Å². The minimum Gasteiger partial charge on any atom is -0.375 e. The van der Waals surface area contributed by atoms with Crippen LogP contribution >= 0.6 is 0 Å². The summed E-state index contributed by atoms with van der Waals surface area (Å²) in [4.78, 5) is 12.3. The van der Waals surface area contributed by atoms with E-state index in [1.807, 2.05) is 37.4 Å². The second-order valence-electron chi connectivity index (χ2n) is 11.3. The Labute approximate surface area is 237 Å². The lowest BCUT2D eigenvalue weighted by molar-refractivity contribution is -0.0584. The molecular weight excluding hydrogens is 500 g/mol. The maximum absolute atomic E-state index is 6.10. The Hall–Kier alpha value is -3.69. The van der Waals surface area contributed by atoms with Crippen LogP contribution in [0.1, 0.15) is 51.3 Å². The Bertz CT molecular complexity index is 1390. The smallest absolute Gasteiger partial charge is 0.195 e. The topological polar surface area (TPSA) is 91.6 Å². The molecule has 1 unspecified atom stereocenters. The zero-order valence-electron chi connectivity index (χ0n) is 24.5. The summed E-state index contributed by atoms with van der Waals surface area (Å²) in [6, 6.07) is 12.9. The SMILES string of the molecule is CCC1=C(N(c2cccc(CNC)n2)[C@@H]2CCOC(C)(C)C2)NC(Nc2ccc(-c3cnn(C)c3)c(C)c2)N=C1. The Balaban J connectivity index is 1.44. The molecule has 212 valence electrons. The monoisotopic (exact) mass is 542 g/mol. The first kappa shape index (κ1) is 27.9. The third-order valence-electron chi connectivity index (χ3n) is 7.56. The number of nitrogens with zero attached hydrogens (tertiary/aromatic N) is 5. The van der Waals surface area contributed by atoms with Gasteiger partial charge in [0.1, 0.15) is 11.6 Å². The van der Waals surface area contributed by atoms with Crippen molar-refractivity contribution in [1.82, 2.24) is 25.4 Å². The summed E-state index contributed by atoms with van der Waals surface area (Å²) in [6.07, 6.45) is 8.32. The van der Waals surface area contributed by atoms with Crippen LogP contribution in [0.3, 0.4) is 0 Å². The van der Waals surface area contributed by atoms with Crippen LogP contribution in [-0.2, 0) is 18.3 Å². The first-order valence-corrected chi connectivity index (χ1v) is 14.2. The highest BCUT2D eigenvalue weighted by Gasteiger charge is 2.36. The third kappa shape index (κ3) is 6.21. The molecule has 0 radical (unpaired) electrons. The van der Waals surface area contributed by atoms with Crippen molar-refractivity contribution >= 4 is 17.7 Å². The standard InChI is InChI=1S/C31H42N8O/c1-7-22-17-33-30(36-24-11-12-27(21(2)15-24)23-18-34-38(6)20-23)37-29(22)39(26-13-14-40-31(3,4)16-26)28-10-8-9-25(35-28)19-32-5/h8-12,15,17-18,20,26,30,32,36-37H,7,13-14,16,19H2,1-6H3/t26-,30?/m1/s1. The molecular formula is C31H42N8O. The van der Waals surface area contributed by atoms with Crippen LogP contribution in [0.15, 0.2) is 65.2 Å². The van der Waals surface area contributed by atoms with Gasteiger partial charge in [-0.15, -0.1) is 0 Å². The van der Waals surface area contributed by atoms with Crippen LogP contribution in [0, 0.1) is 6.92 Å². The van der Waals surface area contributed by atoms with E-state index in [-0.39, 0.29) is 17.9 Å². The predicted molar refractivity (Wildman–Crippen MR) is 162 cm³/mol. The summed E-state index contributed by atoms with van der Waals surface area (Å²) >= 11 is 0. The molecule has 1 aromatic carbocycles. The van der Waals surface area contributed by atoms with Crippen LogP contribution in [0.5, 0.6) is 0 Å². The van der Waals surface area contributed by atoms with Gasteiger partial charge >= 0.3 is 0 Å². The van der Waals surface area contributed by atoms with Crippen molar-refractivity contribution in [2.24, 2.45) is 12.0 Å². The maximum Gasteiger partial charge on any atom is 0.195 e. The second-order valence-corrected chi connectivity index (χ2v) is 11.3. The van der Waals surface area contributed by atoms with E-state index in [0.29, 0.717) is 6.54 Å². The number of anilines is 2. The van der Waals surface area contributed by atoms with E-state index in [9.17, 15) is 0 Å². The van der Waals surface area contributed by atoms with Crippen LogP contribution in [0.4, 0.5) is 11.5 Å². The van der Waals surface area contributed by atoms with E-state index in [4.69, 9.17) is 14.7 Å². The molecule has 0 saturated carbocycles. The molecule has 4 heterocycles. The van der Waals surface area contributed by atoms with Gasteiger partial charge in [-0.1, -0.05) is 19.1 Å². The molecule has 1 fully saturated rings. The van der Waals surface area contributed by atoms with E-state index >= 15 is 0 Å². The lowest BCUT2D eigenvalue weighted by atomic mass is 9.92. The quantitative estimate of drug-likeness (QED) is 0.352. The molecule has 0 spiro atoms. The van der Waals surface area contributed by atoms with E-state index in [0.717, 1.165) is 60.0 Å². The predicted octanol–water partition coefficient (Wildman–Crippen LogP) is 4.97. The second kappa shape index (κ2) is 11.8. The first-order chi connectivity index (χ1) is 19.3. The van der Waals surface area contributed by atoms with Crippen LogP contribution in [0.25, 0.3) is 11.1 Å². The highest BCUT2D eigenvalue weighted by atomic mass is 16.5. The van der Waals surface area contributed by atoms with Gasteiger partial charge in [0.2, 0.25) is 0 Å². The van der Waals surface area contributed by atoms with E-state index in [1.54, 1.807) is 0 Å². The lowest BCUT2D eigenvalue weighted by Crippen LogP contribution is -2.52. The molecule has 5 rings (SSSR count). The van der Waals surface area contributed by atoms with Gasteiger partial charge in [0.25, 0.3) is 0 Å².